The number of hydrogen-bond donors (Lipinski definition) is 0. The van der Waals surface area contributed by atoms with Gasteiger partial charge in [-0.3, -0.25) is 0 Å². The van der Waals surface area contributed by atoms with Crippen LogP contribution in [0.3, 0.4) is 0 Å². The quantitative estimate of drug-likeness (QED) is 0.668. The molecule has 0 amide bonds. The first-order valence-electron chi connectivity index (χ1n) is 5.97. The van der Waals surface area contributed by atoms with E-state index < -0.39 is 0 Å². The standard InChI is InChI=1S/C12H16IN3O/c1-15-3-4-16-10(8-15)2-5-17-11-6-9(13)7-14-12(11)16/h6-7,10H,2-5,8H2,1H3. The Morgan fingerprint density at radius 1 is 1.47 bits per heavy atom. The number of likely N-dealkylation sites (N-methyl/N-ethyl adjacent to an activating group) is 1. The summed E-state index contributed by atoms with van der Waals surface area (Å²) in [4.78, 5) is 9.37. The van der Waals surface area contributed by atoms with Crippen molar-refractivity contribution >= 4 is 28.4 Å². The van der Waals surface area contributed by atoms with Gasteiger partial charge < -0.3 is 14.5 Å². The van der Waals surface area contributed by atoms with Crippen LogP contribution in [0.1, 0.15) is 6.42 Å². The van der Waals surface area contributed by atoms with E-state index in [1.807, 2.05) is 6.20 Å². The third-order valence-electron chi connectivity index (χ3n) is 3.47. The summed E-state index contributed by atoms with van der Waals surface area (Å²) in [5, 5.41) is 0. The maximum absolute atomic E-state index is 5.83. The highest BCUT2D eigenvalue weighted by Crippen LogP contribution is 2.33. The summed E-state index contributed by atoms with van der Waals surface area (Å²) in [5.41, 5.74) is 0. The number of fused-ring (bicyclic) bond motifs is 3. The lowest BCUT2D eigenvalue weighted by Gasteiger charge is -2.39. The molecule has 1 aromatic heterocycles. The van der Waals surface area contributed by atoms with Crippen LogP contribution in [0.5, 0.6) is 5.75 Å². The molecule has 17 heavy (non-hydrogen) atoms. The minimum Gasteiger partial charge on any atom is -0.490 e. The molecule has 1 unspecified atom stereocenters. The normalized spacial score (nSPS) is 24.6. The number of piperazine rings is 1. The summed E-state index contributed by atoms with van der Waals surface area (Å²) in [7, 11) is 2.19. The summed E-state index contributed by atoms with van der Waals surface area (Å²) >= 11 is 2.28. The Labute approximate surface area is 115 Å². The fraction of sp³-hybridized carbons (Fsp3) is 0.583. The Hall–Kier alpha value is -0.560. The molecule has 1 saturated heterocycles. The van der Waals surface area contributed by atoms with Gasteiger partial charge in [-0.05, 0) is 35.7 Å². The molecule has 3 rings (SSSR count). The lowest BCUT2D eigenvalue weighted by atomic mass is 10.1. The number of pyridine rings is 1. The van der Waals surface area contributed by atoms with Gasteiger partial charge in [0, 0.05) is 41.9 Å². The van der Waals surface area contributed by atoms with E-state index in [2.05, 4.69) is 50.5 Å². The lowest BCUT2D eigenvalue weighted by Crippen LogP contribution is -2.52. The topological polar surface area (TPSA) is 28.6 Å². The number of nitrogens with zero attached hydrogens (tertiary/aromatic N) is 3. The second-order valence-corrected chi connectivity index (χ2v) is 5.97. The first-order valence-corrected chi connectivity index (χ1v) is 7.05. The fourth-order valence-corrected chi connectivity index (χ4v) is 3.00. The monoisotopic (exact) mass is 345 g/mol. The highest BCUT2D eigenvalue weighted by molar-refractivity contribution is 14.1. The maximum atomic E-state index is 5.83. The summed E-state index contributed by atoms with van der Waals surface area (Å²) in [5.74, 6) is 1.98. The van der Waals surface area contributed by atoms with Gasteiger partial charge in [0.2, 0.25) is 0 Å². The summed E-state index contributed by atoms with van der Waals surface area (Å²) in [6.45, 7) is 4.05. The molecule has 5 heteroatoms. The zero-order chi connectivity index (χ0) is 11.8. The molecule has 4 nitrogen and oxygen atoms in total. The fourth-order valence-electron chi connectivity index (χ4n) is 2.58. The summed E-state index contributed by atoms with van der Waals surface area (Å²) < 4.78 is 6.96. The molecule has 1 aromatic rings. The van der Waals surface area contributed by atoms with Gasteiger partial charge in [-0.25, -0.2) is 4.98 Å². The Balaban J connectivity index is 1.96. The molecule has 2 aliphatic heterocycles. The van der Waals surface area contributed by atoms with Crippen LogP contribution in [0, 0.1) is 3.57 Å². The minimum absolute atomic E-state index is 0.544. The van der Waals surface area contributed by atoms with Gasteiger partial charge in [0.05, 0.1) is 6.61 Å². The van der Waals surface area contributed by atoms with Crippen molar-refractivity contribution in [3.05, 3.63) is 15.8 Å². The Kier molecular flexibility index (Phi) is 3.12. The van der Waals surface area contributed by atoms with Crippen molar-refractivity contribution in [2.45, 2.75) is 12.5 Å². The molecular formula is C12H16IN3O. The van der Waals surface area contributed by atoms with Crippen molar-refractivity contribution in [3.8, 4) is 5.75 Å². The first kappa shape index (κ1) is 11.5. The zero-order valence-electron chi connectivity index (χ0n) is 9.90. The van der Waals surface area contributed by atoms with Gasteiger partial charge in [0.25, 0.3) is 0 Å². The molecule has 1 atom stereocenters. The van der Waals surface area contributed by atoms with E-state index in [0.29, 0.717) is 6.04 Å². The van der Waals surface area contributed by atoms with Crippen LogP contribution in [0.2, 0.25) is 0 Å². The molecule has 0 bridgehead atoms. The third-order valence-corrected chi connectivity index (χ3v) is 4.06. The van der Waals surface area contributed by atoms with E-state index in [4.69, 9.17) is 4.74 Å². The Morgan fingerprint density at radius 3 is 3.24 bits per heavy atom. The summed E-state index contributed by atoms with van der Waals surface area (Å²) in [6, 6.07) is 2.63. The molecule has 3 heterocycles. The number of hydrogen-bond acceptors (Lipinski definition) is 4. The molecular weight excluding hydrogens is 329 g/mol. The second-order valence-electron chi connectivity index (χ2n) is 4.72. The number of ether oxygens (including phenoxy) is 1. The largest absolute Gasteiger partial charge is 0.490 e. The predicted molar refractivity (Wildman–Crippen MR) is 75.7 cm³/mol. The lowest BCUT2D eigenvalue weighted by molar-refractivity contribution is 0.242. The van der Waals surface area contributed by atoms with Crippen LogP contribution in [0.15, 0.2) is 12.3 Å². The first-order chi connectivity index (χ1) is 8.24. The van der Waals surface area contributed by atoms with E-state index in [9.17, 15) is 0 Å². The van der Waals surface area contributed by atoms with Gasteiger partial charge in [0.1, 0.15) is 0 Å². The molecule has 92 valence electrons. The highest BCUT2D eigenvalue weighted by atomic mass is 127. The predicted octanol–water partition coefficient (Wildman–Crippen LogP) is 1.59. The molecule has 0 N–H and O–H groups in total. The van der Waals surface area contributed by atoms with Crippen LogP contribution in [0.25, 0.3) is 0 Å². The van der Waals surface area contributed by atoms with Crippen molar-refractivity contribution in [3.63, 3.8) is 0 Å². The van der Waals surface area contributed by atoms with Crippen molar-refractivity contribution in [2.24, 2.45) is 0 Å². The van der Waals surface area contributed by atoms with E-state index in [0.717, 1.165) is 47.8 Å². The minimum atomic E-state index is 0.544. The van der Waals surface area contributed by atoms with Crippen molar-refractivity contribution in [1.29, 1.82) is 0 Å². The molecule has 0 radical (unpaired) electrons. The molecule has 0 aliphatic carbocycles. The average molecular weight is 345 g/mol. The van der Waals surface area contributed by atoms with Crippen molar-refractivity contribution < 1.29 is 4.74 Å². The van der Waals surface area contributed by atoms with Crippen LogP contribution in [-0.2, 0) is 0 Å². The average Bonchev–Trinajstić information content (AvgIpc) is 2.47. The molecule has 1 fully saturated rings. The number of aromatic nitrogens is 1. The van der Waals surface area contributed by atoms with Gasteiger partial charge in [-0.15, -0.1) is 0 Å². The molecule has 0 aromatic carbocycles. The van der Waals surface area contributed by atoms with E-state index >= 15 is 0 Å². The molecule has 0 spiro atoms. The van der Waals surface area contributed by atoms with Crippen LogP contribution in [-0.4, -0.2) is 49.2 Å². The molecule has 0 saturated carbocycles. The number of rotatable bonds is 0. The Bertz CT molecular complexity index is 426. The SMILES string of the molecule is CN1CCN2c3ncc(I)cc3OCCC2C1. The maximum Gasteiger partial charge on any atom is 0.171 e. The zero-order valence-corrected chi connectivity index (χ0v) is 12.1. The number of halogens is 1. The van der Waals surface area contributed by atoms with Gasteiger partial charge in [-0.2, -0.15) is 0 Å². The van der Waals surface area contributed by atoms with Gasteiger partial charge in [0.15, 0.2) is 11.6 Å². The third kappa shape index (κ3) is 2.22. The summed E-state index contributed by atoms with van der Waals surface area (Å²) in [6.07, 6.45) is 3.00. The smallest absolute Gasteiger partial charge is 0.171 e. The van der Waals surface area contributed by atoms with Crippen LogP contribution < -0.4 is 9.64 Å². The van der Waals surface area contributed by atoms with E-state index in [1.165, 1.54) is 0 Å². The van der Waals surface area contributed by atoms with E-state index in [1.54, 1.807) is 0 Å². The van der Waals surface area contributed by atoms with Crippen molar-refractivity contribution in [2.75, 3.05) is 38.2 Å². The highest BCUT2D eigenvalue weighted by Gasteiger charge is 2.30. The number of anilines is 1. The Morgan fingerprint density at radius 2 is 2.35 bits per heavy atom. The van der Waals surface area contributed by atoms with Gasteiger partial charge in [-0.1, -0.05) is 0 Å². The van der Waals surface area contributed by atoms with Gasteiger partial charge >= 0.3 is 0 Å². The van der Waals surface area contributed by atoms with E-state index in [-0.39, 0.29) is 0 Å². The second kappa shape index (κ2) is 4.61. The van der Waals surface area contributed by atoms with Crippen LogP contribution in [0.4, 0.5) is 5.82 Å². The van der Waals surface area contributed by atoms with Crippen LogP contribution >= 0.6 is 22.6 Å². The van der Waals surface area contributed by atoms with Crippen molar-refractivity contribution in [1.82, 2.24) is 9.88 Å². The molecule has 2 aliphatic rings.